The van der Waals surface area contributed by atoms with Crippen molar-refractivity contribution >= 4 is 21.1 Å². The fourth-order valence-electron chi connectivity index (χ4n) is 4.37. The van der Waals surface area contributed by atoms with E-state index >= 15 is 0 Å². The molecule has 0 spiro atoms. The molecule has 6 nitrogen and oxygen atoms in total. The van der Waals surface area contributed by atoms with Crippen LogP contribution in [0.25, 0.3) is 10.9 Å². The van der Waals surface area contributed by atoms with Gasteiger partial charge in [-0.1, -0.05) is 24.3 Å². The monoisotopic (exact) mass is 382 g/mol. The third-order valence-corrected chi connectivity index (χ3v) is 7.65. The third-order valence-electron chi connectivity index (χ3n) is 5.65. The summed E-state index contributed by atoms with van der Waals surface area (Å²) >= 11 is 0. The highest BCUT2D eigenvalue weighted by molar-refractivity contribution is 7.86. The van der Waals surface area contributed by atoms with Crippen LogP contribution in [-0.4, -0.2) is 46.6 Å². The van der Waals surface area contributed by atoms with Gasteiger partial charge in [-0.25, -0.2) is 0 Å². The highest BCUT2D eigenvalue weighted by Crippen LogP contribution is 2.40. The summed E-state index contributed by atoms with van der Waals surface area (Å²) in [4.78, 5) is 8.01. The van der Waals surface area contributed by atoms with Crippen molar-refractivity contribution in [3.05, 3.63) is 65.6 Å². The summed E-state index contributed by atoms with van der Waals surface area (Å²) in [5.74, 6) is 0. The predicted octanol–water partition coefficient (Wildman–Crippen LogP) is 2.85. The van der Waals surface area contributed by atoms with Crippen molar-refractivity contribution in [2.45, 2.75) is 25.3 Å². The second-order valence-corrected chi connectivity index (χ2v) is 9.08. The van der Waals surface area contributed by atoms with Crippen molar-refractivity contribution in [3.8, 4) is 0 Å². The quantitative estimate of drug-likeness (QED) is 0.757. The number of nitrogens with one attached hydrogen (secondary N) is 1. The van der Waals surface area contributed by atoms with E-state index in [1.54, 1.807) is 14.8 Å². The van der Waals surface area contributed by atoms with Crippen molar-refractivity contribution in [2.75, 3.05) is 19.6 Å². The Kier molecular flexibility index (Phi) is 4.03. The average Bonchev–Trinajstić information content (AvgIpc) is 3.36. The van der Waals surface area contributed by atoms with Crippen LogP contribution >= 0.6 is 0 Å². The summed E-state index contributed by atoms with van der Waals surface area (Å²) < 4.78 is 30.1. The molecule has 5 rings (SSSR count). The fourth-order valence-corrected chi connectivity index (χ4v) is 6.19. The van der Waals surface area contributed by atoms with Gasteiger partial charge in [0.05, 0.1) is 5.69 Å². The van der Waals surface area contributed by atoms with Crippen molar-refractivity contribution in [2.24, 2.45) is 0 Å². The van der Waals surface area contributed by atoms with E-state index in [9.17, 15) is 8.42 Å². The number of para-hydroxylation sites is 1. The standard InChI is InChI=1S/C20H22N4O2S/c25-27(26,23-12-5-6-13-23)24-14-10-16-15-7-1-2-8-17(15)22-19(16)20(24)18-9-3-4-11-21-18/h1-4,7-9,11,20,22H,5-6,10,12-14H2/t20-/m0/s1. The number of H-pyrrole nitrogens is 1. The largest absolute Gasteiger partial charge is 0.356 e. The van der Waals surface area contributed by atoms with Gasteiger partial charge in [0, 0.05) is 42.4 Å². The minimum absolute atomic E-state index is 0.423. The first kappa shape index (κ1) is 16.9. The number of hydrogen-bond acceptors (Lipinski definition) is 3. The Balaban J connectivity index is 1.68. The Morgan fingerprint density at radius 3 is 2.56 bits per heavy atom. The molecule has 0 bridgehead atoms. The van der Waals surface area contributed by atoms with Crippen molar-refractivity contribution in [3.63, 3.8) is 0 Å². The smallest absolute Gasteiger partial charge is 0.282 e. The summed E-state index contributed by atoms with van der Waals surface area (Å²) in [6.07, 6.45) is 4.29. The number of pyridine rings is 1. The molecule has 1 aromatic carbocycles. The van der Waals surface area contributed by atoms with E-state index in [0.717, 1.165) is 29.7 Å². The molecule has 4 heterocycles. The van der Waals surface area contributed by atoms with Gasteiger partial charge in [-0.15, -0.1) is 0 Å². The molecule has 140 valence electrons. The van der Waals surface area contributed by atoms with Crippen LogP contribution in [-0.2, 0) is 16.6 Å². The van der Waals surface area contributed by atoms with Crippen LogP contribution in [0, 0.1) is 0 Å². The summed E-state index contributed by atoms with van der Waals surface area (Å²) in [5, 5.41) is 1.17. The molecule has 1 atom stereocenters. The molecule has 0 aliphatic carbocycles. The lowest BCUT2D eigenvalue weighted by molar-refractivity contribution is 0.304. The first-order valence-electron chi connectivity index (χ1n) is 9.43. The van der Waals surface area contributed by atoms with Crippen LogP contribution in [0.15, 0.2) is 48.7 Å². The maximum Gasteiger partial charge on any atom is 0.282 e. The van der Waals surface area contributed by atoms with Gasteiger partial charge in [-0.05, 0) is 43.0 Å². The Bertz CT molecular complexity index is 1070. The van der Waals surface area contributed by atoms with Gasteiger partial charge in [0.25, 0.3) is 10.2 Å². The predicted molar refractivity (Wildman–Crippen MR) is 105 cm³/mol. The molecular formula is C20H22N4O2S. The van der Waals surface area contributed by atoms with Gasteiger partial charge >= 0.3 is 0 Å². The molecule has 3 aromatic rings. The van der Waals surface area contributed by atoms with Crippen molar-refractivity contribution < 1.29 is 8.42 Å². The van der Waals surface area contributed by atoms with Gasteiger partial charge in [0.1, 0.15) is 6.04 Å². The van der Waals surface area contributed by atoms with E-state index in [0.29, 0.717) is 26.1 Å². The molecule has 0 unspecified atom stereocenters. The lowest BCUT2D eigenvalue weighted by Gasteiger charge is -2.36. The second-order valence-electron chi connectivity index (χ2n) is 7.19. The summed E-state index contributed by atoms with van der Waals surface area (Å²) in [6.45, 7) is 1.68. The molecule has 2 aromatic heterocycles. The Hall–Kier alpha value is -2.22. The highest BCUT2D eigenvalue weighted by atomic mass is 32.2. The maximum atomic E-state index is 13.4. The van der Waals surface area contributed by atoms with Gasteiger partial charge in [0.2, 0.25) is 0 Å². The Labute approximate surface area is 159 Å². The number of hydrogen-bond donors (Lipinski definition) is 1. The number of fused-ring (bicyclic) bond motifs is 3. The molecule has 1 fully saturated rings. The molecule has 0 radical (unpaired) electrons. The Morgan fingerprint density at radius 2 is 1.78 bits per heavy atom. The normalized spacial score (nSPS) is 21.6. The lowest BCUT2D eigenvalue weighted by Crippen LogP contribution is -2.47. The average molecular weight is 382 g/mol. The minimum atomic E-state index is -3.53. The van der Waals surface area contributed by atoms with Crippen molar-refractivity contribution in [1.29, 1.82) is 0 Å². The summed E-state index contributed by atoms with van der Waals surface area (Å²) in [5.41, 5.74) is 3.95. The van der Waals surface area contributed by atoms with Crippen LogP contribution in [0.1, 0.15) is 35.8 Å². The van der Waals surface area contributed by atoms with Gasteiger partial charge in [-0.3, -0.25) is 4.98 Å². The molecular weight excluding hydrogens is 360 g/mol. The first-order valence-corrected chi connectivity index (χ1v) is 10.8. The van der Waals surface area contributed by atoms with E-state index in [1.807, 2.05) is 36.4 Å². The summed E-state index contributed by atoms with van der Waals surface area (Å²) in [7, 11) is -3.53. The number of aromatic amines is 1. The molecule has 1 N–H and O–H groups in total. The second kappa shape index (κ2) is 6.44. The van der Waals surface area contributed by atoms with E-state index in [-0.39, 0.29) is 0 Å². The lowest BCUT2D eigenvalue weighted by atomic mass is 9.97. The van der Waals surface area contributed by atoms with Gasteiger partial charge in [-0.2, -0.15) is 17.0 Å². The Morgan fingerprint density at radius 1 is 1.00 bits per heavy atom. The molecule has 27 heavy (non-hydrogen) atoms. The summed E-state index contributed by atoms with van der Waals surface area (Å²) in [6, 6.07) is 13.4. The SMILES string of the molecule is O=S(=O)(N1CCCC1)N1CCc2c([nH]c3ccccc23)[C@@H]1c1ccccn1. The van der Waals surface area contributed by atoms with E-state index < -0.39 is 16.3 Å². The molecule has 0 amide bonds. The van der Waals surface area contributed by atoms with Gasteiger partial charge in [0.15, 0.2) is 0 Å². The first-order chi connectivity index (χ1) is 13.2. The number of benzene rings is 1. The number of aromatic nitrogens is 2. The zero-order chi connectivity index (χ0) is 18.4. The molecule has 2 aliphatic rings. The van der Waals surface area contributed by atoms with Gasteiger partial charge < -0.3 is 4.98 Å². The fraction of sp³-hybridized carbons (Fsp3) is 0.350. The van der Waals surface area contributed by atoms with E-state index in [1.165, 1.54) is 10.9 Å². The molecule has 1 saturated heterocycles. The zero-order valence-electron chi connectivity index (χ0n) is 15.0. The molecule has 0 saturated carbocycles. The van der Waals surface area contributed by atoms with Crippen LogP contribution in [0.2, 0.25) is 0 Å². The zero-order valence-corrected chi connectivity index (χ0v) is 15.8. The van der Waals surface area contributed by atoms with E-state index in [2.05, 4.69) is 16.0 Å². The third kappa shape index (κ3) is 2.69. The van der Waals surface area contributed by atoms with Crippen LogP contribution < -0.4 is 0 Å². The van der Waals surface area contributed by atoms with Crippen LogP contribution in [0.5, 0.6) is 0 Å². The highest BCUT2D eigenvalue weighted by Gasteiger charge is 2.42. The number of rotatable bonds is 3. The minimum Gasteiger partial charge on any atom is -0.356 e. The number of nitrogens with zero attached hydrogens (tertiary/aromatic N) is 3. The van der Waals surface area contributed by atoms with Crippen molar-refractivity contribution in [1.82, 2.24) is 18.6 Å². The molecule has 2 aliphatic heterocycles. The van der Waals surface area contributed by atoms with Crippen LogP contribution in [0.3, 0.4) is 0 Å². The van der Waals surface area contributed by atoms with Crippen LogP contribution in [0.4, 0.5) is 0 Å². The molecule has 7 heteroatoms. The van der Waals surface area contributed by atoms with E-state index in [4.69, 9.17) is 0 Å². The maximum absolute atomic E-state index is 13.4. The topological polar surface area (TPSA) is 69.3 Å².